The molecule has 0 N–H and O–H groups in total. The minimum Gasteiger partial charge on any atom is -0.493 e. The average molecular weight is 418 g/mol. The van der Waals surface area contributed by atoms with Gasteiger partial charge in [-0.2, -0.15) is 0 Å². The number of benzene rings is 3. The van der Waals surface area contributed by atoms with Gasteiger partial charge in [0.15, 0.2) is 23.0 Å². The Kier molecular flexibility index (Phi) is 6.12. The van der Waals surface area contributed by atoms with Crippen LogP contribution in [0.3, 0.4) is 0 Å². The third kappa shape index (κ3) is 4.22. The van der Waals surface area contributed by atoms with Crippen LogP contribution in [0.1, 0.15) is 28.3 Å². The van der Waals surface area contributed by atoms with Crippen LogP contribution in [0.25, 0.3) is 0 Å². The summed E-state index contributed by atoms with van der Waals surface area (Å²) in [4.78, 5) is 5.17. The van der Waals surface area contributed by atoms with E-state index in [1.165, 1.54) is 11.1 Å². The van der Waals surface area contributed by atoms with Crippen molar-refractivity contribution in [3.05, 3.63) is 82.9 Å². The summed E-state index contributed by atoms with van der Waals surface area (Å²) in [7, 11) is 6.62. The number of aliphatic imine (C=N–C) groups is 1. The molecule has 0 fully saturated rings. The SMILES string of the molecule is COc1ccc(C2Cc3cc(OC)c(OC)cc3C(Cc3ccccc3)=N2)cc1OC. The van der Waals surface area contributed by atoms with Gasteiger partial charge in [-0.25, -0.2) is 0 Å². The van der Waals surface area contributed by atoms with Crippen LogP contribution in [0.5, 0.6) is 23.0 Å². The van der Waals surface area contributed by atoms with Crippen molar-refractivity contribution in [3.8, 4) is 23.0 Å². The molecule has 4 rings (SSSR count). The maximum Gasteiger partial charge on any atom is 0.161 e. The normalized spacial score (nSPS) is 15.0. The van der Waals surface area contributed by atoms with Crippen LogP contribution in [0, 0.1) is 0 Å². The fourth-order valence-electron chi connectivity index (χ4n) is 4.05. The van der Waals surface area contributed by atoms with Gasteiger partial charge in [-0.05, 0) is 47.4 Å². The van der Waals surface area contributed by atoms with Crippen molar-refractivity contribution in [2.24, 2.45) is 4.99 Å². The van der Waals surface area contributed by atoms with Crippen molar-refractivity contribution in [1.29, 1.82) is 0 Å². The highest BCUT2D eigenvalue weighted by Crippen LogP contribution is 2.39. The topological polar surface area (TPSA) is 49.3 Å². The molecule has 0 aromatic heterocycles. The Balaban J connectivity index is 1.80. The molecule has 1 aliphatic heterocycles. The number of nitrogens with zero attached hydrogens (tertiary/aromatic N) is 1. The Labute approximate surface area is 183 Å². The van der Waals surface area contributed by atoms with Gasteiger partial charge in [-0.1, -0.05) is 36.4 Å². The molecule has 0 radical (unpaired) electrons. The zero-order valence-electron chi connectivity index (χ0n) is 18.3. The standard InChI is InChI=1S/C26H27NO4/c1-28-23-11-10-18(14-24(23)29-2)21-13-19-15-25(30-3)26(31-4)16-20(19)22(27-21)12-17-8-6-5-7-9-17/h5-11,14-16,21H,12-13H2,1-4H3. The van der Waals surface area contributed by atoms with Gasteiger partial charge in [0.05, 0.1) is 34.5 Å². The van der Waals surface area contributed by atoms with Gasteiger partial charge >= 0.3 is 0 Å². The van der Waals surface area contributed by atoms with Crippen molar-refractivity contribution < 1.29 is 18.9 Å². The minimum atomic E-state index is -0.0240. The number of ether oxygens (including phenoxy) is 4. The largest absolute Gasteiger partial charge is 0.493 e. The van der Waals surface area contributed by atoms with Gasteiger partial charge in [-0.3, -0.25) is 4.99 Å². The first-order valence-corrected chi connectivity index (χ1v) is 10.2. The molecule has 160 valence electrons. The molecule has 5 heteroatoms. The molecule has 1 atom stereocenters. The Morgan fingerprint density at radius 1 is 0.742 bits per heavy atom. The molecule has 0 saturated heterocycles. The molecule has 3 aromatic rings. The number of rotatable bonds is 7. The van der Waals surface area contributed by atoms with E-state index in [4.69, 9.17) is 23.9 Å². The molecule has 0 spiro atoms. The fraction of sp³-hybridized carbons (Fsp3) is 0.269. The summed E-state index contributed by atoms with van der Waals surface area (Å²) in [5, 5.41) is 0. The van der Waals surface area contributed by atoms with Gasteiger partial charge in [-0.15, -0.1) is 0 Å². The van der Waals surface area contributed by atoms with E-state index in [9.17, 15) is 0 Å². The molecule has 0 aliphatic carbocycles. The first-order chi connectivity index (χ1) is 15.2. The smallest absolute Gasteiger partial charge is 0.161 e. The molecule has 0 amide bonds. The van der Waals surface area contributed by atoms with Crippen molar-refractivity contribution in [2.45, 2.75) is 18.9 Å². The highest BCUT2D eigenvalue weighted by atomic mass is 16.5. The minimum absolute atomic E-state index is 0.0240. The zero-order valence-corrected chi connectivity index (χ0v) is 18.3. The quantitative estimate of drug-likeness (QED) is 0.540. The molecule has 3 aromatic carbocycles. The predicted molar refractivity (Wildman–Crippen MR) is 122 cm³/mol. The van der Waals surface area contributed by atoms with E-state index in [0.717, 1.165) is 35.4 Å². The van der Waals surface area contributed by atoms with E-state index < -0.39 is 0 Å². The van der Waals surface area contributed by atoms with E-state index in [1.54, 1.807) is 28.4 Å². The molecule has 1 heterocycles. The van der Waals surface area contributed by atoms with Crippen molar-refractivity contribution in [2.75, 3.05) is 28.4 Å². The Morgan fingerprint density at radius 3 is 2.06 bits per heavy atom. The van der Waals surface area contributed by atoms with Crippen LogP contribution in [0.4, 0.5) is 0 Å². The third-order valence-corrected chi connectivity index (χ3v) is 5.65. The molecule has 31 heavy (non-hydrogen) atoms. The fourth-order valence-corrected chi connectivity index (χ4v) is 4.05. The van der Waals surface area contributed by atoms with Crippen LogP contribution in [0.15, 0.2) is 65.7 Å². The maximum atomic E-state index is 5.56. The lowest BCUT2D eigenvalue weighted by Gasteiger charge is -2.26. The first-order valence-electron chi connectivity index (χ1n) is 10.2. The van der Waals surface area contributed by atoms with E-state index in [0.29, 0.717) is 17.2 Å². The Hall–Kier alpha value is -3.47. The molecular formula is C26H27NO4. The number of hydrogen-bond acceptors (Lipinski definition) is 5. The first kappa shape index (κ1) is 20.8. The monoisotopic (exact) mass is 417 g/mol. The van der Waals surface area contributed by atoms with Gasteiger partial charge < -0.3 is 18.9 Å². The van der Waals surface area contributed by atoms with Crippen molar-refractivity contribution in [3.63, 3.8) is 0 Å². The number of fused-ring (bicyclic) bond motifs is 1. The van der Waals surface area contributed by atoms with Gasteiger partial charge in [0.25, 0.3) is 0 Å². The molecule has 1 aliphatic rings. The second kappa shape index (κ2) is 9.13. The van der Waals surface area contributed by atoms with Gasteiger partial charge in [0.1, 0.15) is 0 Å². The average Bonchev–Trinajstić information content (AvgIpc) is 2.83. The van der Waals surface area contributed by atoms with Gasteiger partial charge in [0, 0.05) is 17.7 Å². The highest BCUT2D eigenvalue weighted by Gasteiger charge is 2.25. The third-order valence-electron chi connectivity index (χ3n) is 5.65. The van der Waals surface area contributed by atoms with Crippen molar-refractivity contribution in [1.82, 2.24) is 0 Å². The van der Waals surface area contributed by atoms with Gasteiger partial charge in [0.2, 0.25) is 0 Å². The van der Waals surface area contributed by atoms with Crippen LogP contribution in [0.2, 0.25) is 0 Å². The second-order valence-corrected chi connectivity index (χ2v) is 7.44. The highest BCUT2D eigenvalue weighted by molar-refractivity contribution is 6.04. The summed E-state index contributed by atoms with van der Waals surface area (Å²) in [5.74, 6) is 2.86. The number of methoxy groups -OCH3 is 4. The van der Waals surface area contributed by atoms with Crippen LogP contribution in [-0.2, 0) is 12.8 Å². The Morgan fingerprint density at radius 2 is 1.39 bits per heavy atom. The summed E-state index contributed by atoms with van der Waals surface area (Å²) in [6, 6.07) is 20.5. The number of hydrogen-bond donors (Lipinski definition) is 0. The van der Waals surface area contributed by atoms with Crippen molar-refractivity contribution >= 4 is 5.71 Å². The summed E-state index contributed by atoms with van der Waals surface area (Å²) < 4.78 is 22.0. The van der Waals surface area contributed by atoms with Crippen LogP contribution < -0.4 is 18.9 Å². The van der Waals surface area contributed by atoms with Crippen LogP contribution in [-0.4, -0.2) is 34.2 Å². The summed E-state index contributed by atoms with van der Waals surface area (Å²) in [6.07, 6.45) is 1.51. The Bertz CT molecular complexity index is 1090. The van der Waals surface area contributed by atoms with E-state index in [1.807, 2.05) is 24.3 Å². The molecular weight excluding hydrogens is 390 g/mol. The second-order valence-electron chi connectivity index (χ2n) is 7.44. The molecule has 5 nitrogen and oxygen atoms in total. The summed E-state index contributed by atoms with van der Waals surface area (Å²) >= 11 is 0. The van der Waals surface area contributed by atoms with Crippen LogP contribution >= 0.6 is 0 Å². The molecule has 1 unspecified atom stereocenters. The summed E-state index contributed by atoms with van der Waals surface area (Å²) in [5.41, 5.74) is 5.64. The van der Waals surface area contributed by atoms with E-state index >= 15 is 0 Å². The molecule has 0 bridgehead atoms. The lowest BCUT2D eigenvalue weighted by atomic mass is 9.87. The lowest BCUT2D eigenvalue weighted by molar-refractivity contribution is 0.353. The van der Waals surface area contributed by atoms with E-state index in [-0.39, 0.29) is 6.04 Å². The molecule has 0 saturated carbocycles. The zero-order chi connectivity index (χ0) is 21.8. The predicted octanol–water partition coefficient (Wildman–Crippen LogP) is 5.05. The lowest BCUT2D eigenvalue weighted by Crippen LogP contribution is -2.19. The maximum absolute atomic E-state index is 5.56. The van der Waals surface area contributed by atoms with E-state index in [2.05, 4.69) is 36.4 Å². The summed E-state index contributed by atoms with van der Waals surface area (Å²) in [6.45, 7) is 0.